The summed E-state index contributed by atoms with van der Waals surface area (Å²) in [5.74, 6) is -3.45. The van der Waals surface area contributed by atoms with Gasteiger partial charge in [-0.2, -0.15) is 0 Å². The summed E-state index contributed by atoms with van der Waals surface area (Å²) < 4.78 is 35.7. The molecule has 0 saturated heterocycles. The molecule has 0 spiro atoms. The van der Waals surface area contributed by atoms with E-state index < -0.39 is 29.6 Å². The second-order valence-electron chi connectivity index (χ2n) is 3.98. The summed E-state index contributed by atoms with van der Waals surface area (Å²) >= 11 is 0. The van der Waals surface area contributed by atoms with Crippen molar-refractivity contribution in [3.63, 3.8) is 0 Å². The molecule has 21 heavy (non-hydrogen) atoms. The molecule has 0 aliphatic carbocycles. The van der Waals surface area contributed by atoms with Gasteiger partial charge in [-0.1, -0.05) is 11.2 Å². The van der Waals surface area contributed by atoms with Crippen LogP contribution in [-0.4, -0.2) is 24.1 Å². The van der Waals surface area contributed by atoms with Crippen molar-refractivity contribution in [3.05, 3.63) is 53.4 Å². The quantitative estimate of drug-likeness (QED) is 0.867. The van der Waals surface area contributed by atoms with Gasteiger partial charge in [-0.15, -0.1) is 0 Å². The summed E-state index contributed by atoms with van der Waals surface area (Å²) in [7, 11) is 1.08. The van der Waals surface area contributed by atoms with Crippen LogP contribution < -0.4 is 5.32 Å². The fourth-order valence-electron chi connectivity index (χ4n) is 1.65. The molecule has 1 unspecified atom stereocenters. The number of nitrogens with zero attached hydrogens (tertiary/aromatic N) is 1. The van der Waals surface area contributed by atoms with Crippen LogP contribution in [0.15, 0.2) is 35.1 Å². The van der Waals surface area contributed by atoms with Gasteiger partial charge in [0.15, 0.2) is 11.7 Å². The van der Waals surface area contributed by atoms with E-state index in [1.165, 1.54) is 12.3 Å². The molecule has 0 aliphatic rings. The van der Waals surface area contributed by atoms with E-state index in [1.807, 2.05) is 0 Å². The van der Waals surface area contributed by atoms with E-state index in [0.29, 0.717) is 6.07 Å². The van der Waals surface area contributed by atoms with Crippen LogP contribution in [-0.2, 0) is 9.53 Å². The maximum Gasteiger partial charge on any atom is 0.333 e. The molecular weight excluding hydrogens is 286 g/mol. The minimum Gasteiger partial charge on any atom is -0.467 e. The zero-order valence-electron chi connectivity index (χ0n) is 10.8. The Balaban J connectivity index is 2.30. The third-order valence-electron chi connectivity index (χ3n) is 2.66. The fourth-order valence-corrected chi connectivity index (χ4v) is 1.65. The highest BCUT2D eigenvalue weighted by Crippen LogP contribution is 2.20. The maximum atomic E-state index is 13.8. The number of nitrogens with one attached hydrogen (secondary N) is 1. The summed E-state index contributed by atoms with van der Waals surface area (Å²) in [6.45, 7) is 0. The molecule has 6 nitrogen and oxygen atoms in total. The minimum absolute atomic E-state index is 0.0913. The van der Waals surface area contributed by atoms with Gasteiger partial charge in [-0.25, -0.2) is 13.6 Å². The number of ether oxygens (including phenoxy) is 1. The molecule has 8 heteroatoms. The van der Waals surface area contributed by atoms with Gasteiger partial charge in [0, 0.05) is 17.7 Å². The van der Waals surface area contributed by atoms with Crippen LogP contribution in [0.5, 0.6) is 0 Å². The summed E-state index contributed by atoms with van der Waals surface area (Å²) in [5, 5.41) is 5.64. The number of hydrogen-bond acceptors (Lipinski definition) is 5. The van der Waals surface area contributed by atoms with E-state index in [-0.39, 0.29) is 11.3 Å². The Labute approximate surface area is 117 Å². The fraction of sp³-hybridized carbons (Fsp3) is 0.154. The first-order valence-corrected chi connectivity index (χ1v) is 5.77. The van der Waals surface area contributed by atoms with E-state index >= 15 is 0 Å². The molecule has 0 radical (unpaired) electrons. The van der Waals surface area contributed by atoms with Crippen molar-refractivity contribution in [3.8, 4) is 0 Å². The van der Waals surface area contributed by atoms with Crippen molar-refractivity contribution in [1.82, 2.24) is 10.5 Å². The molecule has 2 aromatic rings. The second kappa shape index (κ2) is 6.12. The number of halogens is 2. The lowest BCUT2D eigenvalue weighted by Gasteiger charge is -2.16. The molecule has 0 fully saturated rings. The van der Waals surface area contributed by atoms with Crippen molar-refractivity contribution in [2.75, 3.05) is 7.11 Å². The number of hydrogen-bond donors (Lipinski definition) is 1. The topological polar surface area (TPSA) is 81.4 Å². The number of rotatable bonds is 4. The molecule has 2 rings (SSSR count). The van der Waals surface area contributed by atoms with Crippen molar-refractivity contribution < 1.29 is 27.6 Å². The smallest absolute Gasteiger partial charge is 0.333 e. The zero-order chi connectivity index (χ0) is 15.4. The molecule has 1 heterocycles. The number of carbonyl (C=O) groups excluding carboxylic acids is 2. The molecule has 110 valence electrons. The summed E-state index contributed by atoms with van der Waals surface area (Å²) in [4.78, 5) is 23.6. The van der Waals surface area contributed by atoms with Gasteiger partial charge < -0.3 is 14.6 Å². The van der Waals surface area contributed by atoms with Gasteiger partial charge in [0.05, 0.1) is 7.11 Å². The Hall–Kier alpha value is -2.77. The minimum atomic E-state index is -1.43. The SMILES string of the molecule is COC(=O)C(NC(=O)c1ccon1)c1ccc(F)cc1F. The molecule has 1 aromatic heterocycles. The van der Waals surface area contributed by atoms with Crippen LogP contribution in [0, 0.1) is 11.6 Å². The average molecular weight is 296 g/mol. The normalized spacial score (nSPS) is 11.8. The van der Waals surface area contributed by atoms with E-state index in [1.54, 1.807) is 0 Å². The Bertz CT molecular complexity index is 658. The van der Waals surface area contributed by atoms with E-state index in [2.05, 4.69) is 19.7 Å². The molecule has 1 aromatic carbocycles. The number of carbonyl (C=O) groups is 2. The molecule has 1 N–H and O–H groups in total. The first-order valence-electron chi connectivity index (χ1n) is 5.77. The van der Waals surface area contributed by atoms with Crippen LogP contribution in [0.2, 0.25) is 0 Å². The highest BCUT2D eigenvalue weighted by Gasteiger charge is 2.27. The zero-order valence-corrected chi connectivity index (χ0v) is 10.8. The van der Waals surface area contributed by atoms with Gasteiger partial charge in [0.25, 0.3) is 5.91 Å². The van der Waals surface area contributed by atoms with Crippen LogP contribution in [0.1, 0.15) is 22.1 Å². The monoisotopic (exact) mass is 296 g/mol. The third-order valence-corrected chi connectivity index (χ3v) is 2.66. The highest BCUT2D eigenvalue weighted by molar-refractivity contribution is 5.95. The predicted molar refractivity (Wildman–Crippen MR) is 65.1 cm³/mol. The largest absolute Gasteiger partial charge is 0.467 e. The standard InChI is InChI=1S/C13H10F2N2O4/c1-20-13(19)11(8-3-2-7(14)6-9(8)15)16-12(18)10-4-5-21-17-10/h2-6,11H,1H3,(H,16,18). The first-order chi connectivity index (χ1) is 10.0. The van der Waals surface area contributed by atoms with Crippen molar-refractivity contribution in [1.29, 1.82) is 0 Å². The van der Waals surface area contributed by atoms with Crippen molar-refractivity contribution in [2.45, 2.75) is 6.04 Å². The Morgan fingerprint density at radius 3 is 2.67 bits per heavy atom. The van der Waals surface area contributed by atoms with E-state index in [4.69, 9.17) is 0 Å². The number of amides is 1. The van der Waals surface area contributed by atoms with Gasteiger partial charge in [0.2, 0.25) is 0 Å². The van der Waals surface area contributed by atoms with Gasteiger partial charge in [-0.05, 0) is 6.07 Å². The molecule has 0 bridgehead atoms. The predicted octanol–water partition coefficient (Wildman–Crippen LogP) is 1.60. The Kier molecular flexibility index (Phi) is 4.27. The molecule has 1 amide bonds. The van der Waals surface area contributed by atoms with E-state index in [0.717, 1.165) is 19.2 Å². The average Bonchev–Trinajstić information content (AvgIpc) is 2.98. The van der Waals surface area contributed by atoms with Crippen molar-refractivity contribution >= 4 is 11.9 Å². The van der Waals surface area contributed by atoms with Crippen molar-refractivity contribution in [2.24, 2.45) is 0 Å². The number of aromatic nitrogens is 1. The lowest BCUT2D eigenvalue weighted by molar-refractivity contribution is -0.143. The van der Waals surface area contributed by atoms with Gasteiger partial charge in [-0.3, -0.25) is 4.79 Å². The van der Waals surface area contributed by atoms with Crippen LogP contribution in [0.25, 0.3) is 0 Å². The van der Waals surface area contributed by atoms with E-state index in [9.17, 15) is 18.4 Å². The first kappa shape index (κ1) is 14.6. The van der Waals surface area contributed by atoms with Crippen LogP contribution >= 0.6 is 0 Å². The number of methoxy groups -OCH3 is 1. The summed E-state index contributed by atoms with van der Waals surface area (Å²) in [6, 6.07) is 2.46. The summed E-state index contributed by atoms with van der Waals surface area (Å²) in [6.07, 6.45) is 1.17. The Morgan fingerprint density at radius 1 is 1.33 bits per heavy atom. The Morgan fingerprint density at radius 2 is 2.10 bits per heavy atom. The molecule has 0 aliphatic heterocycles. The highest BCUT2D eigenvalue weighted by atomic mass is 19.1. The second-order valence-corrected chi connectivity index (χ2v) is 3.98. The lowest BCUT2D eigenvalue weighted by atomic mass is 10.1. The van der Waals surface area contributed by atoms with Gasteiger partial charge in [0.1, 0.15) is 17.9 Å². The lowest BCUT2D eigenvalue weighted by Crippen LogP contribution is -2.35. The number of esters is 1. The van der Waals surface area contributed by atoms with Crippen LogP contribution in [0.3, 0.4) is 0 Å². The maximum absolute atomic E-state index is 13.8. The number of benzene rings is 1. The third kappa shape index (κ3) is 3.22. The van der Waals surface area contributed by atoms with Gasteiger partial charge >= 0.3 is 5.97 Å². The molecule has 1 atom stereocenters. The molecular formula is C13H10F2N2O4. The molecule has 0 saturated carbocycles. The van der Waals surface area contributed by atoms with Crippen LogP contribution in [0.4, 0.5) is 8.78 Å². The summed E-state index contributed by atoms with van der Waals surface area (Å²) in [5.41, 5.74) is -0.313.